The predicted molar refractivity (Wildman–Crippen MR) is 130 cm³/mol. The first kappa shape index (κ1) is 27.4. The van der Waals surface area contributed by atoms with Crippen molar-refractivity contribution < 1.29 is 0 Å². The van der Waals surface area contributed by atoms with Gasteiger partial charge in [-0.3, -0.25) is 0 Å². The molecule has 0 aliphatic heterocycles. The van der Waals surface area contributed by atoms with Crippen molar-refractivity contribution in [3.05, 3.63) is 24.3 Å². The highest BCUT2D eigenvalue weighted by molar-refractivity contribution is 4.85. The van der Waals surface area contributed by atoms with Gasteiger partial charge in [0.1, 0.15) is 0 Å². The highest BCUT2D eigenvalue weighted by Gasteiger charge is 2.03. The molecule has 0 saturated carbocycles. The molecule has 0 bridgehead atoms. The summed E-state index contributed by atoms with van der Waals surface area (Å²) in [4.78, 5) is 2.71. The minimum absolute atomic E-state index is 1.23. The van der Waals surface area contributed by atoms with Gasteiger partial charge in [0.25, 0.3) is 0 Å². The summed E-state index contributed by atoms with van der Waals surface area (Å²) in [5, 5.41) is 0. The lowest BCUT2D eigenvalue weighted by Gasteiger charge is -2.21. The van der Waals surface area contributed by atoms with Gasteiger partial charge in [-0.05, 0) is 51.5 Å². The van der Waals surface area contributed by atoms with Crippen molar-refractivity contribution in [1.29, 1.82) is 0 Å². The van der Waals surface area contributed by atoms with Crippen molar-refractivity contribution in [2.75, 3.05) is 19.6 Å². The summed E-state index contributed by atoms with van der Waals surface area (Å²) in [6.07, 6.45) is 32.7. The first-order valence-electron chi connectivity index (χ1n) is 12.9. The van der Waals surface area contributed by atoms with Crippen LogP contribution < -0.4 is 0 Å². The molecule has 0 aliphatic carbocycles. The normalized spacial score (nSPS) is 12.1. The third-order valence-corrected chi connectivity index (χ3v) is 5.58. The molecule has 0 aromatic rings. The molecule has 0 radical (unpaired) electrons. The molecule has 0 aromatic heterocycles. The molecule has 0 rings (SSSR count). The highest BCUT2D eigenvalue weighted by Crippen LogP contribution is 2.09. The Labute approximate surface area is 179 Å². The maximum atomic E-state index is 2.71. The maximum absolute atomic E-state index is 2.71. The number of hydrogen-bond donors (Lipinski definition) is 0. The van der Waals surface area contributed by atoms with Gasteiger partial charge < -0.3 is 4.90 Å². The van der Waals surface area contributed by atoms with Crippen molar-refractivity contribution in [3.8, 4) is 0 Å². The standard InChI is InChI=1S/C27H53N/c1-4-7-10-13-16-19-22-25-28(26-23-20-17-14-11-8-5-2)27-24-21-18-15-12-9-6-3/h16-17,19-20H,4-15,18,21-27H2,1-3H3/b19-16+,20-17+. The second-order valence-corrected chi connectivity index (χ2v) is 8.47. The predicted octanol–water partition coefficient (Wildman–Crippen LogP) is 9.09. The van der Waals surface area contributed by atoms with Crippen LogP contribution in [0, 0.1) is 0 Å². The molecule has 1 nitrogen and oxygen atoms in total. The topological polar surface area (TPSA) is 3.24 Å². The minimum atomic E-state index is 1.23. The molecule has 0 heterocycles. The molecule has 0 fully saturated rings. The van der Waals surface area contributed by atoms with Crippen molar-refractivity contribution >= 4 is 0 Å². The summed E-state index contributed by atoms with van der Waals surface area (Å²) in [5.41, 5.74) is 0. The van der Waals surface area contributed by atoms with Crippen LogP contribution in [0.2, 0.25) is 0 Å². The second kappa shape index (κ2) is 24.5. The highest BCUT2D eigenvalue weighted by atomic mass is 15.1. The van der Waals surface area contributed by atoms with Crippen LogP contribution >= 0.6 is 0 Å². The van der Waals surface area contributed by atoms with Gasteiger partial charge in [-0.1, -0.05) is 109 Å². The van der Waals surface area contributed by atoms with Gasteiger partial charge in [0.15, 0.2) is 0 Å². The Bertz CT molecular complexity index is 307. The summed E-state index contributed by atoms with van der Waals surface area (Å²) in [6, 6.07) is 0. The van der Waals surface area contributed by atoms with E-state index in [0.717, 1.165) is 0 Å². The first-order chi connectivity index (χ1) is 13.8. The van der Waals surface area contributed by atoms with E-state index in [1.165, 1.54) is 129 Å². The molecule has 1 heteroatoms. The fourth-order valence-electron chi connectivity index (χ4n) is 3.64. The van der Waals surface area contributed by atoms with Gasteiger partial charge in [-0.25, -0.2) is 0 Å². The summed E-state index contributed by atoms with van der Waals surface area (Å²) in [6.45, 7) is 10.6. The van der Waals surface area contributed by atoms with Crippen LogP contribution in [0.25, 0.3) is 0 Å². The first-order valence-corrected chi connectivity index (χ1v) is 12.9. The fourth-order valence-corrected chi connectivity index (χ4v) is 3.64. The lowest BCUT2D eigenvalue weighted by molar-refractivity contribution is 0.276. The fraction of sp³-hybridized carbons (Fsp3) is 0.852. The SMILES string of the molecule is CCCCC/C=C/CCN(CC/C=C/CCCCC)CCCCCCCCC. The minimum Gasteiger partial charge on any atom is -0.303 e. The van der Waals surface area contributed by atoms with Gasteiger partial charge in [0, 0.05) is 13.1 Å². The van der Waals surface area contributed by atoms with E-state index in [4.69, 9.17) is 0 Å². The summed E-state index contributed by atoms with van der Waals surface area (Å²) < 4.78 is 0. The molecular weight excluding hydrogens is 338 g/mol. The molecule has 28 heavy (non-hydrogen) atoms. The number of unbranched alkanes of at least 4 members (excludes halogenated alkanes) is 12. The van der Waals surface area contributed by atoms with Crippen LogP contribution in [0.15, 0.2) is 24.3 Å². The Kier molecular flexibility index (Phi) is 24.0. The zero-order valence-corrected chi connectivity index (χ0v) is 19.9. The monoisotopic (exact) mass is 391 g/mol. The largest absolute Gasteiger partial charge is 0.303 e. The van der Waals surface area contributed by atoms with Crippen molar-refractivity contribution in [2.24, 2.45) is 0 Å². The maximum Gasteiger partial charge on any atom is 0.00160 e. The summed E-state index contributed by atoms with van der Waals surface area (Å²) in [7, 11) is 0. The lowest BCUT2D eigenvalue weighted by Crippen LogP contribution is -2.26. The quantitative estimate of drug-likeness (QED) is 0.131. The van der Waals surface area contributed by atoms with E-state index in [0.29, 0.717) is 0 Å². The van der Waals surface area contributed by atoms with Gasteiger partial charge in [0.05, 0.1) is 0 Å². The molecule has 0 atom stereocenters. The van der Waals surface area contributed by atoms with Crippen LogP contribution in [0.4, 0.5) is 0 Å². The summed E-state index contributed by atoms with van der Waals surface area (Å²) >= 11 is 0. The molecule has 0 aliphatic rings. The molecule has 0 spiro atoms. The number of nitrogens with zero attached hydrogens (tertiary/aromatic N) is 1. The number of rotatable bonds is 22. The third kappa shape index (κ3) is 21.7. The van der Waals surface area contributed by atoms with E-state index in [1.807, 2.05) is 0 Å². The number of allylic oxidation sites excluding steroid dienone is 2. The van der Waals surface area contributed by atoms with E-state index in [-0.39, 0.29) is 0 Å². The van der Waals surface area contributed by atoms with Gasteiger partial charge in [0.2, 0.25) is 0 Å². The zero-order valence-electron chi connectivity index (χ0n) is 19.9. The Morgan fingerprint density at radius 1 is 0.393 bits per heavy atom. The van der Waals surface area contributed by atoms with Crippen LogP contribution in [-0.4, -0.2) is 24.5 Å². The van der Waals surface area contributed by atoms with Crippen LogP contribution in [-0.2, 0) is 0 Å². The molecule has 0 unspecified atom stereocenters. The van der Waals surface area contributed by atoms with Gasteiger partial charge in [-0.15, -0.1) is 0 Å². The van der Waals surface area contributed by atoms with Crippen molar-refractivity contribution in [1.82, 2.24) is 4.90 Å². The van der Waals surface area contributed by atoms with Crippen molar-refractivity contribution in [2.45, 2.75) is 130 Å². The molecule has 0 N–H and O–H groups in total. The lowest BCUT2D eigenvalue weighted by atomic mass is 10.1. The molecular formula is C27H53N. The van der Waals surface area contributed by atoms with E-state index in [9.17, 15) is 0 Å². The Morgan fingerprint density at radius 3 is 1.29 bits per heavy atom. The van der Waals surface area contributed by atoms with Gasteiger partial charge in [-0.2, -0.15) is 0 Å². The summed E-state index contributed by atoms with van der Waals surface area (Å²) in [5.74, 6) is 0. The number of hydrogen-bond acceptors (Lipinski definition) is 1. The average Bonchev–Trinajstić information content (AvgIpc) is 2.71. The molecule has 0 saturated heterocycles. The smallest absolute Gasteiger partial charge is 0.00160 e. The molecule has 166 valence electrons. The van der Waals surface area contributed by atoms with Gasteiger partial charge >= 0.3 is 0 Å². The second-order valence-electron chi connectivity index (χ2n) is 8.47. The Balaban J connectivity index is 3.98. The van der Waals surface area contributed by atoms with E-state index >= 15 is 0 Å². The van der Waals surface area contributed by atoms with E-state index in [1.54, 1.807) is 0 Å². The van der Waals surface area contributed by atoms with Crippen LogP contribution in [0.5, 0.6) is 0 Å². The van der Waals surface area contributed by atoms with Crippen LogP contribution in [0.3, 0.4) is 0 Å². The van der Waals surface area contributed by atoms with E-state index < -0.39 is 0 Å². The van der Waals surface area contributed by atoms with Crippen LogP contribution in [0.1, 0.15) is 130 Å². The molecule has 0 aromatic carbocycles. The Hall–Kier alpha value is -0.560. The van der Waals surface area contributed by atoms with Crippen molar-refractivity contribution in [3.63, 3.8) is 0 Å². The third-order valence-electron chi connectivity index (χ3n) is 5.58. The van der Waals surface area contributed by atoms with E-state index in [2.05, 4.69) is 50.0 Å². The Morgan fingerprint density at radius 2 is 0.786 bits per heavy atom. The average molecular weight is 392 g/mol. The molecule has 0 amide bonds. The zero-order chi connectivity index (χ0) is 20.5.